The van der Waals surface area contributed by atoms with Gasteiger partial charge in [0.25, 0.3) is 0 Å². The topological polar surface area (TPSA) is 144 Å². The Bertz CT molecular complexity index is 1010. The van der Waals surface area contributed by atoms with Crippen LogP contribution in [0, 0.1) is 17.2 Å². The second-order valence-corrected chi connectivity index (χ2v) is 7.93. The maximum atomic E-state index is 7.82. The zero-order valence-electron chi connectivity index (χ0n) is 19.8. The monoisotopic (exact) mass is 453 g/mol. The largest absolute Gasteiger partial charge is 0.404 e. The summed E-state index contributed by atoms with van der Waals surface area (Å²) in [5, 5.41) is 14.2. The highest BCUT2D eigenvalue weighted by Gasteiger charge is 2.09. The molecule has 0 radical (unpaired) electrons. The normalized spacial score (nSPS) is 13.1. The lowest BCUT2D eigenvalue weighted by molar-refractivity contribution is 0.0860. The van der Waals surface area contributed by atoms with Crippen molar-refractivity contribution in [2.45, 2.75) is 13.8 Å². The highest BCUT2D eigenvalue weighted by Crippen LogP contribution is 2.19. The molecule has 2 rings (SSSR count). The molecule has 0 amide bonds. The Kier molecular flexibility index (Phi) is 10.3. The highest BCUT2D eigenvalue weighted by molar-refractivity contribution is 6.08. The van der Waals surface area contributed by atoms with Crippen LogP contribution >= 0.6 is 0 Å². The predicted molar refractivity (Wildman–Crippen MR) is 135 cm³/mol. The van der Waals surface area contributed by atoms with E-state index in [1.807, 2.05) is 32.0 Å². The van der Waals surface area contributed by atoms with E-state index < -0.39 is 0 Å². The van der Waals surface area contributed by atoms with Gasteiger partial charge in [-0.1, -0.05) is 13.8 Å². The summed E-state index contributed by atoms with van der Waals surface area (Å²) in [7, 11) is 3.33. The summed E-state index contributed by atoms with van der Waals surface area (Å²) in [6, 6.07) is 5.58. The molecule has 0 aliphatic heterocycles. The number of nitrogens with zero attached hydrogens (tertiary/aromatic N) is 2. The Morgan fingerprint density at radius 2 is 1.91 bits per heavy atom. The molecule has 9 nitrogen and oxygen atoms in total. The van der Waals surface area contributed by atoms with Gasteiger partial charge < -0.3 is 37.0 Å². The van der Waals surface area contributed by atoms with Crippen LogP contribution in [0.3, 0.4) is 0 Å². The molecule has 2 aromatic rings. The molecule has 0 aliphatic carbocycles. The van der Waals surface area contributed by atoms with Gasteiger partial charge in [0.1, 0.15) is 11.6 Å². The third-order valence-electron chi connectivity index (χ3n) is 4.95. The van der Waals surface area contributed by atoms with Crippen LogP contribution in [0.15, 0.2) is 54.3 Å². The van der Waals surface area contributed by atoms with Crippen molar-refractivity contribution in [2.24, 2.45) is 23.3 Å². The first-order valence-electron chi connectivity index (χ1n) is 10.8. The van der Waals surface area contributed by atoms with Gasteiger partial charge in [-0.05, 0) is 42.0 Å². The van der Waals surface area contributed by atoms with Crippen LogP contribution in [0.4, 0.5) is 5.82 Å². The molecule has 33 heavy (non-hydrogen) atoms. The van der Waals surface area contributed by atoms with Gasteiger partial charge in [0.2, 0.25) is 0 Å². The van der Waals surface area contributed by atoms with E-state index in [0.29, 0.717) is 42.5 Å². The van der Waals surface area contributed by atoms with Crippen molar-refractivity contribution in [3.05, 3.63) is 59.8 Å². The average molecular weight is 454 g/mol. The van der Waals surface area contributed by atoms with Gasteiger partial charge in [0, 0.05) is 56.4 Å². The van der Waals surface area contributed by atoms with E-state index in [1.165, 1.54) is 6.21 Å². The zero-order chi connectivity index (χ0) is 24.2. The van der Waals surface area contributed by atoms with E-state index in [-0.39, 0.29) is 11.8 Å². The number of rotatable bonds is 13. The second kappa shape index (κ2) is 13.2. The molecule has 0 saturated carbocycles. The number of pyridine rings is 2. The number of methoxy groups -OCH3 is 2. The fourth-order valence-electron chi connectivity index (χ4n) is 3.19. The Balaban J connectivity index is 2.21. The average Bonchev–Trinajstić information content (AvgIpc) is 2.80. The molecular formula is C24H35N7O2. The van der Waals surface area contributed by atoms with Crippen LogP contribution in [-0.2, 0) is 9.47 Å². The molecule has 9 heteroatoms. The van der Waals surface area contributed by atoms with E-state index in [0.717, 1.165) is 16.7 Å². The Morgan fingerprint density at radius 3 is 2.52 bits per heavy atom. The number of hydrogen-bond acceptors (Lipinski definition) is 9. The maximum absolute atomic E-state index is 7.82. The molecule has 2 aromatic heterocycles. The van der Waals surface area contributed by atoms with Gasteiger partial charge in [0.15, 0.2) is 0 Å². The summed E-state index contributed by atoms with van der Waals surface area (Å²) in [4.78, 5) is 9.11. The molecule has 0 unspecified atom stereocenters. The number of hydrogen-bond donors (Lipinski definition) is 5. The molecule has 0 spiro atoms. The van der Waals surface area contributed by atoms with Gasteiger partial charge in [0.05, 0.1) is 24.2 Å². The predicted octanol–water partition coefficient (Wildman–Crippen LogP) is 2.83. The summed E-state index contributed by atoms with van der Waals surface area (Å²) in [5.74, 6) is 1.50. The minimum atomic E-state index is 0.206. The molecule has 0 aliphatic rings. The van der Waals surface area contributed by atoms with E-state index in [1.54, 1.807) is 38.9 Å². The maximum Gasteiger partial charge on any atom is 0.132 e. The molecule has 0 bridgehead atoms. The standard InChI is InChI=1S/C24H35N7O2/c1-16(2)18(9-25)8-23(27)31-24-6-5-21-22(30-24)7-19(13-29-21)20(10-26)12-28-11-17(14-32-3)15-33-4/h5-10,12-13,16-17,26,28H,11,14-15,25,27H2,1-4H3,(H,30,31)/b18-9+,20-12+,23-8+,26-10?. The number of nitrogens with two attached hydrogens (primary N) is 2. The Labute approximate surface area is 195 Å². The van der Waals surface area contributed by atoms with Gasteiger partial charge >= 0.3 is 0 Å². The fraction of sp³-hybridized carbons (Fsp3) is 0.375. The molecule has 7 N–H and O–H groups in total. The van der Waals surface area contributed by atoms with Crippen LogP contribution in [0.25, 0.3) is 16.6 Å². The van der Waals surface area contributed by atoms with Gasteiger partial charge in [-0.2, -0.15) is 0 Å². The van der Waals surface area contributed by atoms with Gasteiger partial charge in [-0.3, -0.25) is 4.98 Å². The number of anilines is 1. The third-order valence-corrected chi connectivity index (χ3v) is 4.95. The van der Waals surface area contributed by atoms with Crippen molar-refractivity contribution in [1.29, 1.82) is 5.41 Å². The van der Waals surface area contributed by atoms with E-state index in [2.05, 4.69) is 20.6 Å². The second-order valence-electron chi connectivity index (χ2n) is 7.93. The summed E-state index contributed by atoms with van der Waals surface area (Å²) in [6.07, 6.45) is 8.16. The molecule has 178 valence electrons. The van der Waals surface area contributed by atoms with Crippen molar-refractivity contribution < 1.29 is 9.47 Å². The fourth-order valence-corrected chi connectivity index (χ4v) is 3.19. The van der Waals surface area contributed by atoms with Crippen LogP contribution in [0.2, 0.25) is 0 Å². The third kappa shape index (κ3) is 7.89. The first-order chi connectivity index (χ1) is 15.9. The Morgan fingerprint density at radius 1 is 1.18 bits per heavy atom. The smallest absolute Gasteiger partial charge is 0.132 e. The van der Waals surface area contributed by atoms with Crippen LogP contribution in [0.1, 0.15) is 19.4 Å². The Hall–Kier alpha value is -3.43. The number of aromatic nitrogens is 2. The van der Waals surface area contributed by atoms with Crippen molar-refractivity contribution in [2.75, 3.05) is 39.3 Å². The van der Waals surface area contributed by atoms with E-state index in [9.17, 15) is 0 Å². The lowest BCUT2D eigenvalue weighted by Crippen LogP contribution is -2.26. The van der Waals surface area contributed by atoms with Crippen molar-refractivity contribution in [3.8, 4) is 0 Å². The minimum absolute atomic E-state index is 0.206. The van der Waals surface area contributed by atoms with Crippen LogP contribution in [0.5, 0.6) is 0 Å². The van der Waals surface area contributed by atoms with E-state index in [4.69, 9.17) is 26.4 Å². The highest BCUT2D eigenvalue weighted by atomic mass is 16.5. The number of nitrogens with one attached hydrogen (secondary N) is 3. The van der Waals surface area contributed by atoms with Crippen molar-refractivity contribution >= 4 is 28.6 Å². The molecule has 2 heterocycles. The van der Waals surface area contributed by atoms with Gasteiger partial charge in [-0.15, -0.1) is 0 Å². The lowest BCUT2D eigenvalue weighted by atomic mass is 10.0. The van der Waals surface area contributed by atoms with E-state index >= 15 is 0 Å². The van der Waals surface area contributed by atoms with Crippen molar-refractivity contribution in [1.82, 2.24) is 15.3 Å². The summed E-state index contributed by atoms with van der Waals surface area (Å²) in [6.45, 7) is 5.92. The van der Waals surface area contributed by atoms with Crippen LogP contribution in [-0.4, -0.2) is 50.2 Å². The quantitative estimate of drug-likeness (QED) is 0.230. The molecule has 0 atom stereocenters. The molecule has 0 saturated heterocycles. The summed E-state index contributed by atoms with van der Waals surface area (Å²) in [5.41, 5.74) is 15.6. The first kappa shape index (κ1) is 25.8. The number of allylic oxidation sites excluding steroid dienone is 3. The van der Waals surface area contributed by atoms with Gasteiger partial charge in [-0.25, -0.2) is 4.98 Å². The number of fused-ring (bicyclic) bond motifs is 1. The molecular weight excluding hydrogens is 418 g/mol. The van der Waals surface area contributed by atoms with Crippen molar-refractivity contribution in [3.63, 3.8) is 0 Å². The zero-order valence-corrected chi connectivity index (χ0v) is 19.8. The number of ether oxygens (including phenoxy) is 2. The molecule has 0 aromatic carbocycles. The first-order valence-corrected chi connectivity index (χ1v) is 10.8. The molecule has 0 fully saturated rings. The summed E-state index contributed by atoms with van der Waals surface area (Å²) >= 11 is 0. The lowest BCUT2D eigenvalue weighted by Gasteiger charge is -2.15. The minimum Gasteiger partial charge on any atom is -0.404 e. The van der Waals surface area contributed by atoms with Crippen LogP contribution < -0.4 is 22.1 Å². The SMILES string of the molecule is COCC(CN/C=C(\C=N)c1cnc2ccc(N/C(N)=C/C(=C\N)C(C)C)nc2c1)COC. The summed E-state index contributed by atoms with van der Waals surface area (Å²) < 4.78 is 10.4.